The summed E-state index contributed by atoms with van der Waals surface area (Å²) in [6, 6.07) is 18.7. The number of nitrogens with zero attached hydrogens (tertiary/aromatic N) is 4. The standard InChI is InChI=1S/C23H28N6O2.HI/c1-18-15-19(2)28(27-18)14-6-13-24-23(25-16-20-7-4-3-5-8-20)26-17-21-9-11-22(12-10-21)29(30)31;/h3-5,7-12,15H,6,13-14,16-17H2,1-2H3,(H2,24,25,26);1H. The zero-order valence-corrected chi connectivity index (χ0v) is 20.7. The van der Waals surface area contributed by atoms with Gasteiger partial charge in [-0.05, 0) is 37.5 Å². The van der Waals surface area contributed by atoms with Gasteiger partial charge in [0, 0.05) is 37.5 Å². The van der Waals surface area contributed by atoms with E-state index in [0.29, 0.717) is 19.0 Å². The van der Waals surface area contributed by atoms with E-state index in [1.807, 2.05) is 41.9 Å². The lowest BCUT2D eigenvalue weighted by atomic mass is 10.2. The predicted octanol–water partition coefficient (Wildman–Crippen LogP) is 4.35. The van der Waals surface area contributed by atoms with Crippen molar-refractivity contribution < 1.29 is 4.92 Å². The van der Waals surface area contributed by atoms with Crippen molar-refractivity contribution in [2.75, 3.05) is 6.54 Å². The number of benzene rings is 2. The van der Waals surface area contributed by atoms with Gasteiger partial charge in [0.25, 0.3) is 5.69 Å². The Labute approximate surface area is 205 Å². The van der Waals surface area contributed by atoms with E-state index in [9.17, 15) is 10.1 Å². The SMILES string of the molecule is Cc1cc(C)n(CCCNC(=NCc2ccccc2)NCc2ccc([N+](=O)[O-])cc2)n1.I. The molecule has 9 heteroatoms. The molecule has 1 heterocycles. The molecule has 0 saturated heterocycles. The van der Waals surface area contributed by atoms with Crippen LogP contribution < -0.4 is 10.6 Å². The van der Waals surface area contributed by atoms with Crippen LogP contribution in [0.3, 0.4) is 0 Å². The molecular formula is C23H29IN6O2. The van der Waals surface area contributed by atoms with Crippen LogP contribution in [0.2, 0.25) is 0 Å². The molecule has 0 radical (unpaired) electrons. The topological polar surface area (TPSA) is 97.4 Å². The minimum Gasteiger partial charge on any atom is -0.356 e. The highest BCUT2D eigenvalue weighted by atomic mass is 127. The van der Waals surface area contributed by atoms with Crippen molar-refractivity contribution in [2.24, 2.45) is 4.99 Å². The van der Waals surface area contributed by atoms with Gasteiger partial charge in [-0.25, -0.2) is 4.99 Å². The normalized spacial score (nSPS) is 11.0. The molecule has 3 rings (SSSR count). The van der Waals surface area contributed by atoms with Gasteiger partial charge in [-0.15, -0.1) is 24.0 Å². The average molecular weight is 548 g/mol. The summed E-state index contributed by atoms with van der Waals surface area (Å²) in [7, 11) is 0. The summed E-state index contributed by atoms with van der Waals surface area (Å²) in [5, 5.41) is 22.0. The fourth-order valence-corrected chi connectivity index (χ4v) is 3.19. The Morgan fingerprint density at radius 3 is 2.41 bits per heavy atom. The molecule has 0 unspecified atom stereocenters. The lowest BCUT2D eigenvalue weighted by Gasteiger charge is -2.13. The molecule has 0 aliphatic rings. The van der Waals surface area contributed by atoms with E-state index in [1.165, 1.54) is 12.1 Å². The van der Waals surface area contributed by atoms with Gasteiger partial charge >= 0.3 is 0 Å². The molecule has 2 aromatic carbocycles. The van der Waals surface area contributed by atoms with Crippen molar-refractivity contribution in [2.45, 2.75) is 39.9 Å². The van der Waals surface area contributed by atoms with Crippen LogP contribution in [0.1, 0.15) is 28.9 Å². The van der Waals surface area contributed by atoms with E-state index < -0.39 is 4.92 Å². The van der Waals surface area contributed by atoms with Crippen molar-refractivity contribution in [3.05, 3.63) is 93.3 Å². The number of rotatable bonds is 9. The highest BCUT2D eigenvalue weighted by Crippen LogP contribution is 2.11. The molecule has 0 atom stereocenters. The quantitative estimate of drug-likeness (QED) is 0.104. The molecular weight excluding hydrogens is 519 g/mol. The molecule has 3 aromatic rings. The van der Waals surface area contributed by atoms with Gasteiger partial charge in [-0.3, -0.25) is 14.8 Å². The van der Waals surface area contributed by atoms with Gasteiger partial charge in [0.2, 0.25) is 0 Å². The van der Waals surface area contributed by atoms with Crippen molar-refractivity contribution in [1.82, 2.24) is 20.4 Å². The van der Waals surface area contributed by atoms with E-state index in [4.69, 9.17) is 0 Å². The Bertz CT molecular complexity index is 1020. The second-order valence-electron chi connectivity index (χ2n) is 7.36. The summed E-state index contributed by atoms with van der Waals surface area (Å²) in [4.78, 5) is 15.1. The minimum absolute atomic E-state index is 0. The first kappa shape index (κ1) is 25.3. The smallest absolute Gasteiger partial charge is 0.269 e. The summed E-state index contributed by atoms with van der Waals surface area (Å²) in [5.74, 6) is 0.704. The monoisotopic (exact) mass is 548 g/mol. The van der Waals surface area contributed by atoms with E-state index in [-0.39, 0.29) is 29.7 Å². The number of nitro benzene ring substituents is 1. The third kappa shape index (κ3) is 7.95. The molecule has 0 aliphatic carbocycles. The Kier molecular flexibility index (Phi) is 10.1. The van der Waals surface area contributed by atoms with Crippen molar-refractivity contribution in [1.29, 1.82) is 0 Å². The van der Waals surface area contributed by atoms with Crippen LogP contribution in [0, 0.1) is 24.0 Å². The van der Waals surface area contributed by atoms with Crippen LogP contribution in [0.4, 0.5) is 5.69 Å². The summed E-state index contributed by atoms with van der Waals surface area (Å²) in [5.41, 5.74) is 4.35. The number of aliphatic imine (C=N–C) groups is 1. The molecule has 0 fully saturated rings. The summed E-state index contributed by atoms with van der Waals surface area (Å²) < 4.78 is 2.02. The minimum atomic E-state index is -0.395. The van der Waals surface area contributed by atoms with Crippen LogP contribution in [-0.4, -0.2) is 27.2 Å². The molecule has 2 N–H and O–H groups in total. The fraction of sp³-hybridized carbons (Fsp3) is 0.304. The van der Waals surface area contributed by atoms with Crippen LogP contribution in [0.25, 0.3) is 0 Å². The molecule has 170 valence electrons. The largest absolute Gasteiger partial charge is 0.356 e. The van der Waals surface area contributed by atoms with E-state index >= 15 is 0 Å². The molecule has 0 saturated carbocycles. The second-order valence-corrected chi connectivity index (χ2v) is 7.36. The third-order valence-corrected chi connectivity index (χ3v) is 4.81. The van der Waals surface area contributed by atoms with Gasteiger partial charge in [0.05, 0.1) is 17.2 Å². The van der Waals surface area contributed by atoms with Crippen molar-refractivity contribution >= 4 is 35.6 Å². The lowest BCUT2D eigenvalue weighted by molar-refractivity contribution is -0.384. The van der Waals surface area contributed by atoms with Crippen molar-refractivity contribution in [3.8, 4) is 0 Å². The molecule has 32 heavy (non-hydrogen) atoms. The molecule has 8 nitrogen and oxygen atoms in total. The summed E-state index contributed by atoms with van der Waals surface area (Å²) in [6.45, 7) is 6.73. The second kappa shape index (κ2) is 12.8. The zero-order valence-electron chi connectivity index (χ0n) is 18.3. The Hall–Kier alpha value is -2.95. The Morgan fingerprint density at radius 1 is 1.06 bits per heavy atom. The van der Waals surface area contributed by atoms with Gasteiger partial charge in [0.15, 0.2) is 5.96 Å². The zero-order chi connectivity index (χ0) is 22.1. The Balaban J connectivity index is 0.00000363. The average Bonchev–Trinajstić information content (AvgIpc) is 3.10. The van der Waals surface area contributed by atoms with Crippen LogP contribution in [0.15, 0.2) is 65.7 Å². The lowest BCUT2D eigenvalue weighted by Crippen LogP contribution is -2.37. The van der Waals surface area contributed by atoms with Gasteiger partial charge in [0.1, 0.15) is 0 Å². The third-order valence-electron chi connectivity index (χ3n) is 4.81. The fourth-order valence-electron chi connectivity index (χ4n) is 3.19. The number of nitro groups is 1. The number of hydrogen-bond donors (Lipinski definition) is 2. The first-order valence-corrected chi connectivity index (χ1v) is 10.3. The summed E-state index contributed by atoms with van der Waals surface area (Å²) in [6.07, 6.45) is 0.908. The number of hydrogen-bond acceptors (Lipinski definition) is 4. The number of nitrogens with one attached hydrogen (secondary N) is 2. The highest BCUT2D eigenvalue weighted by Gasteiger charge is 2.05. The number of halogens is 1. The number of non-ortho nitro benzene ring substituents is 1. The number of aryl methyl sites for hydroxylation is 3. The first-order chi connectivity index (χ1) is 15.0. The molecule has 0 aliphatic heterocycles. The molecule has 1 aromatic heterocycles. The van der Waals surface area contributed by atoms with Gasteiger partial charge in [-0.1, -0.05) is 42.5 Å². The predicted molar refractivity (Wildman–Crippen MR) is 137 cm³/mol. The molecule has 0 bridgehead atoms. The van der Waals surface area contributed by atoms with Crippen LogP contribution in [0.5, 0.6) is 0 Å². The van der Waals surface area contributed by atoms with Gasteiger partial charge < -0.3 is 10.6 Å². The van der Waals surface area contributed by atoms with Crippen molar-refractivity contribution in [3.63, 3.8) is 0 Å². The maximum atomic E-state index is 10.8. The summed E-state index contributed by atoms with van der Waals surface area (Å²) >= 11 is 0. The highest BCUT2D eigenvalue weighted by molar-refractivity contribution is 14.0. The number of guanidine groups is 1. The van der Waals surface area contributed by atoms with E-state index in [1.54, 1.807) is 12.1 Å². The molecule has 0 amide bonds. The first-order valence-electron chi connectivity index (χ1n) is 10.3. The Morgan fingerprint density at radius 2 is 1.78 bits per heavy atom. The van der Waals surface area contributed by atoms with Crippen LogP contribution in [-0.2, 0) is 19.6 Å². The maximum absolute atomic E-state index is 10.8. The number of aromatic nitrogens is 2. The maximum Gasteiger partial charge on any atom is 0.269 e. The van der Waals surface area contributed by atoms with Crippen LogP contribution >= 0.6 is 24.0 Å². The van der Waals surface area contributed by atoms with E-state index in [2.05, 4.69) is 33.7 Å². The van der Waals surface area contributed by atoms with Gasteiger partial charge in [-0.2, -0.15) is 5.10 Å². The molecule has 0 spiro atoms. The van der Waals surface area contributed by atoms with E-state index in [0.717, 1.165) is 42.0 Å².